The molecule has 1 aliphatic rings. The van der Waals surface area contributed by atoms with Gasteiger partial charge in [0.15, 0.2) is 0 Å². The summed E-state index contributed by atoms with van der Waals surface area (Å²) in [7, 11) is 0. The number of nitrogens with zero attached hydrogens (tertiary/aromatic N) is 2. The lowest BCUT2D eigenvalue weighted by Crippen LogP contribution is -2.57. The van der Waals surface area contributed by atoms with Crippen LogP contribution in [0.1, 0.15) is 55.4 Å². The number of aryl methyl sites for hydroxylation is 2. The molecular weight excluding hydrogens is 630 g/mol. The van der Waals surface area contributed by atoms with Crippen molar-refractivity contribution in [1.82, 2.24) is 15.5 Å². The number of carbonyl (C=O) groups is 4. The number of hydrogen-bond donors (Lipinski definition) is 4. The van der Waals surface area contributed by atoms with Crippen molar-refractivity contribution in [3.05, 3.63) is 94.0 Å². The van der Waals surface area contributed by atoms with Crippen molar-refractivity contribution in [2.75, 3.05) is 18.0 Å². The number of nitrogens with two attached hydrogens (primary N) is 1. The minimum Gasteiger partial charge on any atom is -0.508 e. The van der Waals surface area contributed by atoms with Crippen LogP contribution in [-0.4, -0.2) is 70.9 Å². The van der Waals surface area contributed by atoms with Crippen molar-refractivity contribution in [2.24, 2.45) is 5.73 Å². The molecular formula is C37H46ClN5O5. The number of hydrogen-bond acceptors (Lipinski definition) is 6. The summed E-state index contributed by atoms with van der Waals surface area (Å²) in [6, 6.07) is 17.1. The number of piperidine rings is 1. The van der Waals surface area contributed by atoms with Crippen LogP contribution < -0.4 is 21.3 Å². The SMILES string of the molecule is CCC(=O)N(c1ccccc1)C1CCN(C(=O)[C@H](Cc2ccc(Cl)cc2)NC(=O)[C@@H](C)NC(=O)[C@@H](N)Cc2c(C)cc(O)cc2C)CC1. The van der Waals surface area contributed by atoms with Gasteiger partial charge in [0.2, 0.25) is 23.6 Å². The predicted molar refractivity (Wildman–Crippen MR) is 188 cm³/mol. The van der Waals surface area contributed by atoms with Gasteiger partial charge in [-0.2, -0.15) is 0 Å². The Balaban J connectivity index is 1.42. The summed E-state index contributed by atoms with van der Waals surface area (Å²) in [6.07, 6.45) is 2.03. The molecule has 0 saturated carbocycles. The fraction of sp³-hybridized carbons (Fsp3) is 0.405. The van der Waals surface area contributed by atoms with E-state index in [-0.39, 0.29) is 36.4 Å². The number of phenols is 1. The number of benzene rings is 3. The van der Waals surface area contributed by atoms with Crippen LogP contribution in [-0.2, 0) is 32.0 Å². The maximum absolute atomic E-state index is 14.0. The van der Waals surface area contributed by atoms with Gasteiger partial charge >= 0.3 is 0 Å². The first kappa shape index (κ1) is 36.4. The second-order valence-corrected chi connectivity index (χ2v) is 12.9. The third-order valence-corrected chi connectivity index (χ3v) is 9.16. The smallest absolute Gasteiger partial charge is 0.245 e. The highest BCUT2D eigenvalue weighted by molar-refractivity contribution is 6.30. The highest BCUT2D eigenvalue weighted by Crippen LogP contribution is 2.26. The fourth-order valence-corrected chi connectivity index (χ4v) is 6.35. The molecule has 0 unspecified atom stereocenters. The molecule has 0 aromatic heterocycles. The van der Waals surface area contributed by atoms with E-state index in [0.717, 1.165) is 27.9 Å². The molecule has 4 rings (SSSR count). The third kappa shape index (κ3) is 9.35. The van der Waals surface area contributed by atoms with Crippen LogP contribution in [0.25, 0.3) is 0 Å². The Bertz CT molecular complexity index is 1570. The lowest BCUT2D eigenvalue weighted by molar-refractivity contribution is -0.138. The summed E-state index contributed by atoms with van der Waals surface area (Å²) in [5, 5.41) is 16.0. The first-order chi connectivity index (χ1) is 22.9. The average Bonchev–Trinajstić information content (AvgIpc) is 3.07. The van der Waals surface area contributed by atoms with Crippen molar-refractivity contribution in [2.45, 2.75) is 84.0 Å². The van der Waals surface area contributed by atoms with Crippen LogP contribution in [0.5, 0.6) is 5.75 Å². The molecule has 256 valence electrons. The lowest BCUT2D eigenvalue weighted by Gasteiger charge is -2.39. The van der Waals surface area contributed by atoms with E-state index in [9.17, 15) is 24.3 Å². The Morgan fingerprint density at radius 1 is 0.938 bits per heavy atom. The number of amides is 4. The van der Waals surface area contributed by atoms with Crippen LogP contribution >= 0.6 is 11.6 Å². The predicted octanol–water partition coefficient (Wildman–Crippen LogP) is 4.20. The van der Waals surface area contributed by atoms with Gasteiger partial charge in [-0.1, -0.05) is 48.9 Å². The molecule has 3 aromatic carbocycles. The van der Waals surface area contributed by atoms with Crippen molar-refractivity contribution < 1.29 is 24.3 Å². The number of anilines is 1. The van der Waals surface area contributed by atoms with E-state index in [4.69, 9.17) is 17.3 Å². The Labute approximate surface area is 287 Å². The van der Waals surface area contributed by atoms with E-state index in [0.29, 0.717) is 37.4 Å². The molecule has 1 heterocycles. The Kier molecular flexibility index (Phi) is 12.6. The monoisotopic (exact) mass is 675 g/mol. The fourth-order valence-electron chi connectivity index (χ4n) is 6.23. The summed E-state index contributed by atoms with van der Waals surface area (Å²) < 4.78 is 0. The molecule has 5 N–H and O–H groups in total. The number of halogens is 1. The normalized spacial score (nSPS) is 15.2. The maximum atomic E-state index is 14.0. The lowest BCUT2D eigenvalue weighted by atomic mass is 9.96. The molecule has 3 aromatic rings. The second kappa shape index (κ2) is 16.6. The highest BCUT2D eigenvalue weighted by Gasteiger charge is 2.34. The molecule has 1 saturated heterocycles. The first-order valence-corrected chi connectivity index (χ1v) is 16.8. The van der Waals surface area contributed by atoms with Gasteiger partial charge in [0.1, 0.15) is 17.8 Å². The summed E-state index contributed by atoms with van der Waals surface area (Å²) in [6.45, 7) is 7.92. The van der Waals surface area contributed by atoms with Crippen molar-refractivity contribution in [3.8, 4) is 5.75 Å². The molecule has 1 aliphatic heterocycles. The minimum atomic E-state index is -0.962. The molecule has 3 atom stereocenters. The molecule has 11 heteroatoms. The van der Waals surface area contributed by atoms with E-state index >= 15 is 0 Å². The minimum absolute atomic E-state index is 0.0305. The zero-order valence-corrected chi connectivity index (χ0v) is 28.8. The molecule has 4 amide bonds. The number of carbonyl (C=O) groups excluding carboxylic acids is 4. The Hall–Kier alpha value is -4.41. The van der Waals surface area contributed by atoms with Gasteiger partial charge < -0.3 is 31.3 Å². The number of rotatable bonds is 12. The number of nitrogens with one attached hydrogen (secondary N) is 2. The van der Waals surface area contributed by atoms with Gasteiger partial charge in [-0.05, 0) is 98.7 Å². The second-order valence-electron chi connectivity index (χ2n) is 12.5. The largest absolute Gasteiger partial charge is 0.508 e. The first-order valence-electron chi connectivity index (χ1n) is 16.4. The number of aromatic hydroxyl groups is 1. The van der Waals surface area contributed by atoms with Crippen molar-refractivity contribution in [1.29, 1.82) is 0 Å². The van der Waals surface area contributed by atoms with E-state index in [1.807, 2.05) is 68.1 Å². The molecule has 10 nitrogen and oxygen atoms in total. The van der Waals surface area contributed by atoms with Crippen molar-refractivity contribution in [3.63, 3.8) is 0 Å². The number of phenolic OH excluding ortho intramolecular Hbond substituents is 1. The standard InChI is InChI=1S/C37H46ClN5O5/c1-5-34(45)43(28-9-7-6-8-10-28)29-15-17-42(18-16-29)37(48)33(21-26-11-13-27(38)14-12-26)41-35(46)25(4)40-36(47)32(39)22-31-23(2)19-30(44)20-24(31)3/h6-14,19-20,25,29,32-33,44H,5,15-18,21-22,39H2,1-4H3,(H,40,47)(H,41,46)/t25-,32+,33+/m1/s1. The molecule has 0 radical (unpaired) electrons. The van der Waals surface area contributed by atoms with Crippen molar-refractivity contribution >= 4 is 40.9 Å². The van der Waals surface area contributed by atoms with E-state index in [1.54, 1.807) is 36.1 Å². The van der Waals surface area contributed by atoms with Gasteiger partial charge in [-0.3, -0.25) is 19.2 Å². The van der Waals surface area contributed by atoms with Crippen LogP contribution in [0.15, 0.2) is 66.7 Å². The van der Waals surface area contributed by atoms with Gasteiger partial charge in [0, 0.05) is 42.7 Å². The van der Waals surface area contributed by atoms with E-state index in [1.165, 1.54) is 0 Å². The Morgan fingerprint density at radius 3 is 2.12 bits per heavy atom. The quantitative estimate of drug-likeness (QED) is 0.227. The van der Waals surface area contributed by atoms with Crippen LogP contribution in [0.2, 0.25) is 5.02 Å². The molecule has 0 aliphatic carbocycles. The summed E-state index contributed by atoms with van der Waals surface area (Å²) in [5.41, 5.74) is 10.4. The molecule has 48 heavy (non-hydrogen) atoms. The van der Waals surface area contributed by atoms with Gasteiger partial charge in [0.05, 0.1) is 6.04 Å². The van der Waals surface area contributed by atoms with Crippen LogP contribution in [0.4, 0.5) is 5.69 Å². The summed E-state index contributed by atoms with van der Waals surface area (Å²) in [5.74, 6) is -1.08. The zero-order chi connectivity index (χ0) is 35.0. The van der Waals surface area contributed by atoms with Crippen LogP contribution in [0, 0.1) is 13.8 Å². The highest BCUT2D eigenvalue weighted by atomic mass is 35.5. The molecule has 0 bridgehead atoms. The summed E-state index contributed by atoms with van der Waals surface area (Å²) >= 11 is 6.09. The van der Waals surface area contributed by atoms with E-state index in [2.05, 4.69) is 10.6 Å². The van der Waals surface area contributed by atoms with Gasteiger partial charge in [-0.25, -0.2) is 0 Å². The van der Waals surface area contributed by atoms with Gasteiger partial charge in [-0.15, -0.1) is 0 Å². The van der Waals surface area contributed by atoms with Crippen LogP contribution in [0.3, 0.4) is 0 Å². The zero-order valence-electron chi connectivity index (χ0n) is 28.0. The molecule has 1 fully saturated rings. The average molecular weight is 676 g/mol. The number of likely N-dealkylation sites (tertiary alicyclic amines) is 1. The summed E-state index contributed by atoms with van der Waals surface area (Å²) in [4.78, 5) is 56.9. The topological polar surface area (TPSA) is 145 Å². The third-order valence-electron chi connectivity index (χ3n) is 8.91. The Morgan fingerprint density at radius 2 is 1.54 bits per heavy atom. The number of para-hydroxylation sites is 1. The maximum Gasteiger partial charge on any atom is 0.245 e. The van der Waals surface area contributed by atoms with Gasteiger partial charge in [0.25, 0.3) is 0 Å². The van der Waals surface area contributed by atoms with E-state index < -0.39 is 29.9 Å². The molecule has 0 spiro atoms.